The van der Waals surface area contributed by atoms with Gasteiger partial charge in [-0.1, -0.05) is 0 Å². The fourth-order valence-corrected chi connectivity index (χ4v) is 2.13. The number of nitrogens with zero attached hydrogens (tertiary/aromatic N) is 1. The number of aryl methyl sites for hydroxylation is 2. The molecule has 0 saturated carbocycles. The van der Waals surface area contributed by atoms with Crippen LogP contribution in [0.3, 0.4) is 0 Å². The van der Waals surface area contributed by atoms with Crippen molar-refractivity contribution in [1.82, 2.24) is 10.3 Å². The van der Waals surface area contributed by atoms with Crippen LogP contribution in [0.15, 0.2) is 12.1 Å². The van der Waals surface area contributed by atoms with E-state index in [2.05, 4.69) is 10.3 Å². The molecule has 1 heterocycles. The van der Waals surface area contributed by atoms with Crippen LogP contribution in [0, 0.1) is 13.8 Å². The maximum atomic E-state index is 12.0. The number of carboxylic acid groups (broad SMARTS) is 1. The van der Waals surface area contributed by atoms with E-state index in [9.17, 15) is 9.59 Å². The van der Waals surface area contributed by atoms with Gasteiger partial charge in [0.15, 0.2) is 0 Å². The lowest BCUT2D eigenvalue weighted by Gasteiger charge is -2.14. The summed E-state index contributed by atoms with van der Waals surface area (Å²) < 4.78 is 0. The molecule has 0 aromatic carbocycles. The maximum absolute atomic E-state index is 12.0. The second-order valence-corrected chi connectivity index (χ2v) is 5.22. The summed E-state index contributed by atoms with van der Waals surface area (Å²) >= 11 is 1.55. The van der Waals surface area contributed by atoms with Gasteiger partial charge in [0.25, 0.3) is 5.91 Å². The van der Waals surface area contributed by atoms with Gasteiger partial charge < -0.3 is 10.4 Å². The highest BCUT2D eigenvalue weighted by Crippen LogP contribution is 2.08. The highest BCUT2D eigenvalue weighted by Gasteiger charge is 2.21. The van der Waals surface area contributed by atoms with Crippen LogP contribution in [0.1, 0.15) is 28.2 Å². The van der Waals surface area contributed by atoms with Gasteiger partial charge in [0.1, 0.15) is 6.04 Å². The SMILES string of the molecule is CSCC[C@@H](NC(=O)c1ccc(C)nc1C)C(=O)O. The van der Waals surface area contributed by atoms with Crippen molar-refractivity contribution in [2.75, 3.05) is 12.0 Å². The molecule has 0 fully saturated rings. The zero-order chi connectivity index (χ0) is 14.4. The number of nitrogens with one attached hydrogen (secondary N) is 1. The van der Waals surface area contributed by atoms with E-state index in [0.717, 1.165) is 5.69 Å². The van der Waals surface area contributed by atoms with Crippen molar-refractivity contribution in [1.29, 1.82) is 0 Å². The Hall–Kier alpha value is -1.56. The number of thioether (sulfide) groups is 1. The Morgan fingerprint density at radius 1 is 1.42 bits per heavy atom. The Bertz CT molecular complexity index is 477. The molecular formula is C13H18N2O3S. The number of rotatable bonds is 6. The fourth-order valence-electron chi connectivity index (χ4n) is 1.66. The van der Waals surface area contributed by atoms with Crippen molar-refractivity contribution in [3.05, 3.63) is 29.1 Å². The smallest absolute Gasteiger partial charge is 0.326 e. The molecule has 1 aromatic rings. The summed E-state index contributed by atoms with van der Waals surface area (Å²) in [4.78, 5) is 27.3. The van der Waals surface area contributed by atoms with E-state index >= 15 is 0 Å². The van der Waals surface area contributed by atoms with Crippen LogP contribution in [0.5, 0.6) is 0 Å². The third kappa shape index (κ3) is 4.55. The van der Waals surface area contributed by atoms with Crippen LogP contribution in [-0.2, 0) is 4.79 Å². The highest BCUT2D eigenvalue weighted by atomic mass is 32.2. The first-order valence-corrected chi connectivity index (χ1v) is 7.32. The first kappa shape index (κ1) is 15.5. The van der Waals surface area contributed by atoms with E-state index in [0.29, 0.717) is 23.4 Å². The van der Waals surface area contributed by atoms with E-state index in [1.165, 1.54) is 0 Å². The van der Waals surface area contributed by atoms with Crippen LogP contribution in [0.4, 0.5) is 0 Å². The zero-order valence-electron chi connectivity index (χ0n) is 11.3. The molecule has 104 valence electrons. The van der Waals surface area contributed by atoms with Gasteiger partial charge in [-0.05, 0) is 44.4 Å². The maximum Gasteiger partial charge on any atom is 0.326 e. The summed E-state index contributed by atoms with van der Waals surface area (Å²) in [5.74, 6) is -0.721. The summed E-state index contributed by atoms with van der Waals surface area (Å²) in [6, 6.07) is 2.54. The molecule has 5 nitrogen and oxygen atoms in total. The van der Waals surface area contributed by atoms with Gasteiger partial charge in [-0.15, -0.1) is 0 Å². The number of aliphatic carboxylic acids is 1. The van der Waals surface area contributed by atoms with Gasteiger partial charge >= 0.3 is 5.97 Å². The van der Waals surface area contributed by atoms with Crippen molar-refractivity contribution in [2.24, 2.45) is 0 Å². The Labute approximate surface area is 116 Å². The van der Waals surface area contributed by atoms with Crippen molar-refractivity contribution in [3.8, 4) is 0 Å². The summed E-state index contributed by atoms with van der Waals surface area (Å²) in [7, 11) is 0. The minimum Gasteiger partial charge on any atom is -0.480 e. The lowest BCUT2D eigenvalue weighted by molar-refractivity contribution is -0.139. The predicted octanol–water partition coefficient (Wildman–Crippen LogP) is 1.63. The molecule has 0 aliphatic heterocycles. The number of carbonyl (C=O) groups is 2. The molecule has 1 amide bonds. The number of carboxylic acids is 1. The van der Waals surface area contributed by atoms with Gasteiger partial charge in [0, 0.05) is 5.69 Å². The fraction of sp³-hybridized carbons (Fsp3) is 0.462. The van der Waals surface area contributed by atoms with Crippen LogP contribution in [0.25, 0.3) is 0 Å². The molecule has 19 heavy (non-hydrogen) atoms. The second-order valence-electron chi connectivity index (χ2n) is 4.23. The van der Waals surface area contributed by atoms with Crippen molar-refractivity contribution < 1.29 is 14.7 Å². The number of hydrogen-bond donors (Lipinski definition) is 2. The van der Waals surface area contributed by atoms with Crippen LogP contribution >= 0.6 is 11.8 Å². The topological polar surface area (TPSA) is 79.3 Å². The summed E-state index contributed by atoms with van der Waals surface area (Å²) in [6.07, 6.45) is 2.30. The molecule has 0 aliphatic carbocycles. The van der Waals surface area contributed by atoms with Crippen LogP contribution < -0.4 is 5.32 Å². The molecule has 6 heteroatoms. The standard InChI is InChI=1S/C13H18N2O3S/c1-8-4-5-10(9(2)14-8)12(16)15-11(13(17)18)6-7-19-3/h4-5,11H,6-7H2,1-3H3,(H,15,16)(H,17,18)/t11-/m1/s1. The summed E-state index contributed by atoms with van der Waals surface area (Å²) in [5, 5.41) is 11.6. The van der Waals surface area contributed by atoms with E-state index in [4.69, 9.17) is 5.11 Å². The third-order valence-corrected chi connectivity index (χ3v) is 3.33. The lowest BCUT2D eigenvalue weighted by Crippen LogP contribution is -2.41. The van der Waals surface area contributed by atoms with Crippen LogP contribution in [-0.4, -0.2) is 40.0 Å². The average molecular weight is 282 g/mol. The monoisotopic (exact) mass is 282 g/mol. The van der Waals surface area contributed by atoms with Crippen molar-refractivity contribution in [3.63, 3.8) is 0 Å². The number of pyridine rings is 1. The minimum atomic E-state index is -1.01. The van der Waals surface area contributed by atoms with E-state index in [-0.39, 0.29) is 0 Å². The average Bonchev–Trinajstić information content (AvgIpc) is 2.33. The van der Waals surface area contributed by atoms with Gasteiger partial charge in [-0.3, -0.25) is 9.78 Å². The number of amides is 1. The van der Waals surface area contributed by atoms with Gasteiger partial charge in [-0.2, -0.15) is 11.8 Å². The Morgan fingerprint density at radius 3 is 2.63 bits per heavy atom. The molecule has 0 saturated heterocycles. The molecule has 1 rings (SSSR count). The van der Waals surface area contributed by atoms with Gasteiger partial charge in [0.2, 0.25) is 0 Å². The van der Waals surface area contributed by atoms with Crippen LogP contribution in [0.2, 0.25) is 0 Å². The molecule has 0 aliphatic rings. The minimum absolute atomic E-state index is 0.390. The number of hydrogen-bond acceptors (Lipinski definition) is 4. The lowest BCUT2D eigenvalue weighted by atomic mass is 10.1. The predicted molar refractivity (Wildman–Crippen MR) is 75.6 cm³/mol. The zero-order valence-corrected chi connectivity index (χ0v) is 12.1. The second kappa shape index (κ2) is 7.13. The third-order valence-electron chi connectivity index (χ3n) is 2.68. The normalized spacial score (nSPS) is 11.9. The summed E-state index contributed by atoms with van der Waals surface area (Å²) in [6.45, 7) is 3.58. The quantitative estimate of drug-likeness (QED) is 0.829. The molecule has 0 bridgehead atoms. The molecule has 0 spiro atoms. The van der Waals surface area contributed by atoms with Gasteiger partial charge in [0.05, 0.1) is 11.3 Å². The molecule has 1 atom stereocenters. The Balaban J connectivity index is 2.78. The molecule has 1 aromatic heterocycles. The van der Waals surface area contributed by atoms with E-state index in [1.54, 1.807) is 30.8 Å². The number of aromatic nitrogens is 1. The summed E-state index contributed by atoms with van der Waals surface area (Å²) in [5.41, 5.74) is 1.85. The van der Waals surface area contributed by atoms with Gasteiger partial charge in [-0.25, -0.2) is 4.79 Å². The number of carbonyl (C=O) groups excluding carboxylic acids is 1. The van der Waals surface area contributed by atoms with E-state index in [1.807, 2.05) is 13.2 Å². The first-order valence-electron chi connectivity index (χ1n) is 5.92. The Kier molecular flexibility index (Phi) is 5.82. The molecular weight excluding hydrogens is 264 g/mol. The van der Waals surface area contributed by atoms with Crippen molar-refractivity contribution >= 4 is 23.6 Å². The molecule has 0 unspecified atom stereocenters. The first-order chi connectivity index (χ1) is 8.95. The molecule has 2 N–H and O–H groups in total. The molecule has 0 radical (unpaired) electrons. The Morgan fingerprint density at radius 2 is 2.11 bits per heavy atom. The highest BCUT2D eigenvalue weighted by molar-refractivity contribution is 7.98. The van der Waals surface area contributed by atoms with E-state index < -0.39 is 17.9 Å². The van der Waals surface area contributed by atoms with Crippen molar-refractivity contribution in [2.45, 2.75) is 26.3 Å². The largest absolute Gasteiger partial charge is 0.480 e.